The van der Waals surface area contributed by atoms with E-state index in [0.717, 1.165) is 46.8 Å². The first-order chi connectivity index (χ1) is 9.24. The summed E-state index contributed by atoms with van der Waals surface area (Å²) in [7, 11) is 0. The quantitative estimate of drug-likeness (QED) is 0.893. The summed E-state index contributed by atoms with van der Waals surface area (Å²) < 4.78 is 1.05. The second-order valence-electron chi connectivity index (χ2n) is 4.31. The molecule has 0 fully saturated rings. The first-order valence-electron chi connectivity index (χ1n) is 6.61. The van der Waals surface area contributed by atoms with Crippen LogP contribution in [0, 0.1) is 0 Å². The van der Waals surface area contributed by atoms with Gasteiger partial charge in [-0.2, -0.15) is 0 Å². The molecule has 3 nitrogen and oxygen atoms in total. The van der Waals surface area contributed by atoms with Gasteiger partial charge >= 0.3 is 0 Å². The zero-order valence-corrected chi connectivity index (χ0v) is 12.9. The van der Waals surface area contributed by atoms with Crippen LogP contribution in [0.1, 0.15) is 26.1 Å². The molecule has 0 spiro atoms. The number of hydrogen-bond acceptors (Lipinski definition) is 3. The monoisotopic (exact) mass is 319 g/mol. The summed E-state index contributed by atoms with van der Waals surface area (Å²) in [5.74, 6) is 1.79. The van der Waals surface area contributed by atoms with Crippen molar-refractivity contribution in [3.8, 4) is 11.3 Å². The van der Waals surface area contributed by atoms with Crippen LogP contribution in [0.15, 0.2) is 34.8 Å². The Balaban J connectivity index is 2.46. The van der Waals surface area contributed by atoms with Crippen molar-refractivity contribution in [2.24, 2.45) is 0 Å². The average molecular weight is 320 g/mol. The van der Waals surface area contributed by atoms with Crippen LogP contribution in [0.2, 0.25) is 0 Å². The molecule has 0 bridgehead atoms. The molecule has 1 aromatic heterocycles. The van der Waals surface area contributed by atoms with Crippen LogP contribution >= 0.6 is 15.9 Å². The Labute approximate surface area is 122 Å². The molecule has 2 rings (SSSR count). The van der Waals surface area contributed by atoms with Gasteiger partial charge in [-0.15, -0.1) is 0 Å². The number of benzene rings is 1. The Kier molecular flexibility index (Phi) is 4.91. The van der Waals surface area contributed by atoms with E-state index < -0.39 is 0 Å². The van der Waals surface area contributed by atoms with Gasteiger partial charge < -0.3 is 5.32 Å². The average Bonchev–Trinajstić information content (AvgIpc) is 2.40. The highest BCUT2D eigenvalue weighted by Gasteiger charge is 2.08. The second kappa shape index (κ2) is 6.66. The van der Waals surface area contributed by atoms with Gasteiger partial charge in [0.1, 0.15) is 11.6 Å². The fourth-order valence-electron chi connectivity index (χ4n) is 1.91. The lowest BCUT2D eigenvalue weighted by molar-refractivity contribution is 0.836. The van der Waals surface area contributed by atoms with E-state index >= 15 is 0 Å². The lowest BCUT2D eigenvalue weighted by Gasteiger charge is -2.09. The molecule has 1 heterocycles. The van der Waals surface area contributed by atoms with Crippen molar-refractivity contribution in [3.63, 3.8) is 0 Å². The molecule has 0 aliphatic heterocycles. The maximum absolute atomic E-state index is 4.66. The normalized spacial score (nSPS) is 10.5. The number of aromatic nitrogens is 2. The summed E-state index contributed by atoms with van der Waals surface area (Å²) in [4.78, 5) is 9.19. The fourth-order valence-corrected chi connectivity index (χ4v) is 2.40. The molecular formula is C15H18BrN3. The topological polar surface area (TPSA) is 37.8 Å². The van der Waals surface area contributed by atoms with Crippen molar-refractivity contribution < 1.29 is 0 Å². The summed E-state index contributed by atoms with van der Waals surface area (Å²) in [6.45, 7) is 5.07. The van der Waals surface area contributed by atoms with Crippen LogP contribution in [-0.2, 0) is 6.42 Å². The van der Waals surface area contributed by atoms with Gasteiger partial charge in [-0.3, -0.25) is 0 Å². The molecule has 1 N–H and O–H groups in total. The van der Waals surface area contributed by atoms with Crippen molar-refractivity contribution in [2.75, 3.05) is 11.9 Å². The summed E-state index contributed by atoms with van der Waals surface area (Å²) >= 11 is 3.58. The van der Waals surface area contributed by atoms with E-state index in [1.54, 1.807) is 0 Å². The Bertz CT molecular complexity index is 531. The van der Waals surface area contributed by atoms with E-state index in [2.05, 4.69) is 51.1 Å². The molecule has 0 saturated carbocycles. The largest absolute Gasteiger partial charge is 0.370 e. The summed E-state index contributed by atoms with van der Waals surface area (Å²) in [6.07, 6.45) is 1.95. The lowest BCUT2D eigenvalue weighted by atomic mass is 10.1. The minimum atomic E-state index is 0.859. The molecular weight excluding hydrogens is 302 g/mol. The molecule has 0 saturated heterocycles. The summed E-state index contributed by atoms with van der Waals surface area (Å²) in [5, 5.41) is 3.27. The zero-order chi connectivity index (χ0) is 13.7. The van der Waals surface area contributed by atoms with E-state index in [1.807, 2.05) is 24.3 Å². The van der Waals surface area contributed by atoms with E-state index in [0.29, 0.717) is 0 Å². The molecule has 0 aliphatic rings. The van der Waals surface area contributed by atoms with Crippen LogP contribution in [0.5, 0.6) is 0 Å². The molecule has 19 heavy (non-hydrogen) atoms. The lowest BCUT2D eigenvalue weighted by Crippen LogP contribution is -2.04. The number of rotatable bonds is 5. The van der Waals surface area contributed by atoms with E-state index in [1.165, 1.54) is 0 Å². The number of halogens is 1. The summed E-state index contributed by atoms with van der Waals surface area (Å²) in [6, 6.07) is 10.1. The van der Waals surface area contributed by atoms with E-state index in [4.69, 9.17) is 0 Å². The molecule has 2 aromatic rings. The van der Waals surface area contributed by atoms with Crippen molar-refractivity contribution in [3.05, 3.63) is 40.6 Å². The van der Waals surface area contributed by atoms with Crippen LogP contribution in [0.4, 0.5) is 5.82 Å². The zero-order valence-electron chi connectivity index (χ0n) is 11.3. The smallest absolute Gasteiger partial charge is 0.131 e. The SMILES string of the molecule is CCCc1nc(NCC)cc(-c2ccccc2Br)n1. The van der Waals surface area contributed by atoms with E-state index in [-0.39, 0.29) is 0 Å². The number of nitrogens with one attached hydrogen (secondary N) is 1. The number of anilines is 1. The van der Waals surface area contributed by atoms with Gasteiger partial charge in [-0.05, 0) is 19.4 Å². The Morgan fingerprint density at radius 2 is 1.95 bits per heavy atom. The van der Waals surface area contributed by atoms with Gasteiger partial charge in [-0.25, -0.2) is 9.97 Å². The molecule has 0 unspecified atom stereocenters. The van der Waals surface area contributed by atoms with Crippen molar-refractivity contribution in [1.29, 1.82) is 0 Å². The molecule has 0 atom stereocenters. The third-order valence-corrected chi connectivity index (χ3v) is 3.45. The molecule has 0 amide bonds. The van der Waals surface area contributed by atoms with Gasteiger partial charge in [0.2, 0.25) is 0 Å². The molecule has 1 aromatic carbocycles. The van der Waals surface area contributed by atoms with Crippen LogP contribution in [0.25, 0.3) is 11.3 Å². The maximum atomic E-state index is 4.66. The highest BCUT2D eigenvalue weighted by Crippen LogP contribution is 2.27. The van der Waals surface area contributed by atoms with Gasteiger partial charge in [0.05, 0.1) is 5.69 Å². The van der Waals surface area contributed by atoms with Gasteiger partial charge in [0, 0.05) is 29.1 Å². The van der Waals surface area contributed by atoms with Crippen LogP contribution in [0.3, 0.4) is 0 Å². The first-order valence-corrected chi connectivity index (χ1v) is 7.40. The predicted molar refractivity (Wildman–Crippen MR) is 83.3 cm³/mol. The molecule has 0 radical (unpaired) electrons. The fraction of sp³-hybridized carbons (Fsp3) is 0.333. The third-order valence-electron chi connectivity index (χ3n) is 2.75. The third kappa shape index (κ3) is 3.53. The van der Waals surface area contributed by atoms with Crippen LogP contribution in [-0.4, -0.2) is 16.5 Å². The standard InChI is InChI=1S/C15H18BrN3/c1-3-7-14-18-13(10-15(19-14)17-4-2)11-8-5-6-9-12(11)16/h5-6,8-10H,3-4,7H2,1-2H3,(H,17,18,19). The minimum absolute atomic E-state index is 0.859. The number of nitrogens with zero attached hydrogens (tertiary/aromatic N) is 2. The summed E-state index contributed by atoms with van der Waals surface area (Å²) in [5.41, 5.74) is 2.06. The Morgan fingerprint density at radius 3 is 2.63 bits per heavy atom. The Hall–Kier alpha value is -1.42. The number of aryl methyl sites for hydroxylation is 1. The molecule has 0 aliphatic carbocycles. The van der Waals surface area contributed by atoms with Crippen molar-refractivity contribution >= 4 is 21.7 Å². The van der Waals surface area contributed by atoms with Gasteiger partial charge in [0.15, 0.2) is 0 Å². The van der Waals surface area contributed by atoms with Crippen LogP contribution < -0.4 is 5.32 Å². The van der Waals surface area contributed by atoms with Gasteiger partial charge in [0.25, 0.3) is 0 Å². The first kappa shape index (κ1) is 14.0. The molecule has 4 heteroatoms. The minimum Gasteiger partial charge on any atom is -0.370 e. The van der Waals surface area contributed by atoms with Crippen molar-refractivity contribution in [2.45, 2.75) is 26.7 Å². The van der Waals surface area contributed by atoms with E-state index in [9.17, 15) is 0 Å². The number of hydrogen-bond donors (Lipinski definition) is 1. The highest BCUT2D eigenvalue weighted by atomic mass is 79.9. The van der Waals surface area contributed by atoms with Crippen molar-refractivity contribution in [1.82, 2.24) is 9.97 Å². The predicted octanol–water partition coefficient (Wildman–Crippen LogP) is 4.29. The highest BCUT2D eigenvalue weighted by molar-refractivity contribution is 9.10. The maximum Gasteiger partial charge on any atom is 0.131 e. The second-order valence-corrected chi connectivity index (χ2v) is 5.17. The van der Waals surface area contributed by atoms with Gasteiger partial charge in [-0.1, -0.05) is 41.1 Å². The Morgan fingerprint density at radius 1 is 1.16 bits per heavy atom. The molecule has 100 valence electrons.